The van der Waals surface area contributed by atoms with Gasteiger partial charge in [-0.05, 0) is 48.5 Å². The Labute approximate surface area is 383 Å². The van der Waals surface area contributed by atoms with Crippen molar-refractivity contribution in [2.45, 2.75) is 0 Å². The van der Waals surface area contributed by atoms with E-state index in [1.54, 1.807) is 0 Å². The highest BCUT2D eigenvalue weighted by molar-refractivity contribution is 6.13. The van der Waals surface area contributed by atoms with Gasteiger partial charge in [-0.1, -0.05) is 0 Å². The zero-order valence-electron chi connectivity index (χ0n) is 34.3. The molecule has 0 spiro atoms. The van der Waals surface area contributed by atoms with E-state index in [9.17, 15) is 35.1 Å². The summed E-state index contributed by atoms with van der Waals surface area (Å²) in [6.45, 7) is 0. The molecule has 2 N–H and O–H groups in total. The predicted octanol–water partition coefficient (Wildman–Crippen LogP) is 13.7. The summed E-state index contributed by atoms with van der Waals surface area (Å²) in [7, 11) is 0. The highest BCUT2D eigenvalue weighted by atomic mass is 19.2. The van der Waals surface area contributed by atoms with E-state index < -0.39 is 182 Å². The average Bonchev–Trinajstić information content (AvgIpc) is 4.11. The predicted molar refractivity (Wildman–Crippen MR) is 225 cm³/mol. The maximum absolute atomic E-state index is 15.5. The number of H-pyrrole nitrogens is 2. The van der Waals surface area contributed by atoms with Gasteiger partial charge in [-0.3, -0.25) is 0 Å². The van der Waals surface area contributed by atoms with Crippen LogP contribution >= 0.6 is 0 Å². The Hall–Kier alpha value is -8.96. The molecule has 0 atom stereocenters. The molecule has 2 aliphatic rings. The van der Waals surface area contributed by atoms with Crippen molar-refractivity contribution in [1.29, 1.82) is 0 Å². The van der Waals surface area contributed by atoms with Crippen LogP contribution in [0.4, 0.5) is 70.2 Å². The zero-order valence-corrected chi connectivity index (χ0v) is 34.3. The van der Waals surface area contributed by atoms with Crippen molar-refractivity contribution in [3.8, 4) is 45.6 Å². The molecular weight excluding hydrogens is 993 g/mol. The lowest BCUT2D eigenvalue weighted by Gasteiger charge is -2.07. The molecule has 0 fully saturated rings. The molecule has 0 aliphatic carbocycles. The van der Waals surface area contributed by atoms with Gasteiger partial charge in [0.2, 0.25) is 0 Å². The number of nitrogens with zero attached hydrogens (tertiary/aromatic N) is 6. The second kappa shape index (κ2) is 14.3. The van der Waals surface area contributed by atoms with E-state index in [2.05, 4.69) is 39.9 Å². The number of aromatic amines is 2. The van der Waals surface area contributed by atoms with Crippen molar-refractivity contribution < 1.29 is 70.2 Å². The summed E-state index contributed by atoms with van der Waals surface area (Å²) >= 11 is 0. The number of nitrogens with one attached hydrogen (secondary N) is 2. The van der Waals surface area contributed by atoms with E-state index in [0.29, 0.717) is 0 Å². The molecular formula is C48H10F16N8. The van der Waals surface area contributed by atoms with Crippen LogP contribution in [0.1, 0.15) is 0 Å². The SMILES string of the molecule is Fc1c(F)c(F)c2cc3c(cc2c1F)-c1nc-3nc2[nH]c(nc3nc(nc4[nH]c(n1)c1cc5c(F)c(F)c(F)c(F)c5cc41)-c1cc4c(F)c(F)c(F)c(F)c4cc1-3)c1cc3c(F)c(F)c(F)c(F)c3cc21. The highest BCUT2D eigenvalue weighted by Gasteiger charge is 2.31. The van der Waals surface area contributed by atoms with Crippen LogP contribution in [0.15, 0.2) is 48.5 Å². The van der Waals surface area contributed by atoms with Crippen molar-refractivity contribution in [2.24, 2.45) is 0 Å². The second-order valence-corrected chi connectivity index (χ2v) is 16.4. The fraction of sp³-hybridized carbons (Fsp3) is 0. The van der Waals surface area contributed by atoms with Crippen molar-refractivity contribution in [2.75, 3.05) is 0 Å². The quantitative estimate of drug-likeness (QED) is 0.0890. The molecule has 3 aromatic heterocycles. The topological polar surface area (TPSA) is 109 Å². The van der Waals surface area contributed by atoms with Gasteiger partial charge in [-0.15, -0.1) is 0 Å². The number of aromatic nitrogens is 8. The average molecular weight is 1000 g/mol. The molecule has 5 heterocycles. The molecule has 354 valence electrons. The molecule has 8 nitrogen and oxygen atoms in total. The number of hydrogen-bond donors (Lipinski definition) is 2. The van der Waals surface area contributed by atoms with Gasteiger partial charge in [-0.2, -0.15) is 0 Å². The van der Waals surface area contributed by atoms with E-state index in [-0.39, 0.29) is 43.8 Å². The van der Waals surface area contributed by atoms with Crippen LogP contribution in [0.25, 0.3) is 133 Å². The van der Waals surface area contributed by atoms with Crippen LogP contribution in [0.5, 0.6) is 0 Å². The summed E-state index contributed by atoms with van der Waals surface area (Å²) < 4.78 is 241. The first-order chi connectivity index (χ1) is 34.3. The summed E-state index contributed by atoms with van der Waals surface area (Å²) in [4.78, 5) is 32.1. The molecule has 0 saturated heterocycles. The van der Waals surface area contributed by atoms with Crippen LogP contribution < -0.4 is 0 Å². The van der Waals surface area contributed by atoms with Crippen molar-refractivity contribution in [3.05, 3.63) is 142 Å². The van der Waals surface area contributed by atoms with Gasteiger partial charge in [0.15, 0.2) is 116 Å². The monoisotopic (exact) mass is 1000 g/mol. The fourth-order valence-electron chi connectivity index (χ4n) is 9.14. The third-order valence-corrected chi connectivity index (χ3v) is 12.6. The maximum atomic E-state index is 15.5. The number of benzene rings is 8. The fourth-order valence-corrected chi connectivity index (χ4v) is 9.14. The smallest absolute Gasteiger partial charge is 0.198 e. The second-order valence-electron chi connectivity index (χ2n) is 16.4. The molecule has 0 unspecified atom stereocenters. The molecule has 2 aliphatic heterocycles. The van der Waals surface area contributed by atoms with Gasteiger partial charge in [0.25, 0.3) is 0 Å². The Kier molecular flexibility index (Phi) is 8.57. The van der Waals surface area contributed by atoms with Gasteiger partial charge in [0.1, 0.15) is 22.6 Å². The largest absolute Gasteiger partial charge is 0.324 e. The van der Waals surface area contributed by atoms with Gasteiger partial charge >= 0.3 is 0 Å². The molecule has 72 heavy (non-hydrogen) atoms. The number of fused-ring (bicyclic) bond motifs is 24. The first-order valence-corrected chi connectivity index (χ1v) is 20.3. The van der Waals surface area contributed by atoms with Crippen molar-refractivity contribution in [3.63, 3.8) is 0 Å². The lowest BCUT2D eigenvalue weighted by Crippen LogP contribution is -1.98. The van der Waals surface area contributed by atoms with Crippen molar-refractivity contribution >= 4 is 87.2 Å². The van der Waals surface area contributed by atoms with Gasteiger partial charge < -0.3 is 9.97 Å². The molecule has 0 saturated carbocycles. The number of hydrogen-bond acceptors (Lipinski definition) is 6. The normalized spacial score (nSPS) is 12.4. The summed E-state index contributed by atoms with van der Waals surface area (Å²) in [6.07, 6.45) is 0. The molecule has 8 aromatic carbocycles. The van der Waals surface area contributed by atoms with E-state index in [0.717, 1.165) is 48.5 Å². The van der Waals surface area contributed by atoms with Crippen LogP contribution in [0.3, 0.4) is 0 Å². The first-order valence-electron chi connectivity index (χ1n) is 20.3. The Morgan fingerprint density at radius 3 is 0.542 bits per heavy atom. The van der Waals surface area contributed by atoms with Gasteiger partial charge in [0, 0.05) is 86.9 Å². The molecule has 8 bridgehead atoms. The number of halogens is 16. The van der Waals surface area contributed by atoms with Gasteiger partial charge in [0.05, 0.1) is 0 Å². The highest BCUT2D eigenvalue weighted by Crippen LogP contribution is 2.44. The first kappa shape index (κ1) is 43.1. The molecule has 0 radical (unpaired) electrons. The van der Waals surface area contributed by atoms with E-state index in [4.69, 9.17) is 0 Å². The third-order valence-electron chi connectivity index (χ3n) is 12.6. The van der Waals surface area contributed by atoms with Crippen LogP contribution in [-0.4, -0.2) is 39.9 Å². The summed E-state index contributed by atoms with van der Waals surface area (Å²) in [5.41, 5.74) is -3.15. The molecule has 0 amide bonds. The molecule has 24 heteroatoms. The minimum absolute atomic E-state index is 0.295. The van der Waals surface area contributed by atoms with Gasteiger partial charge in [-0.25, -0.2) is 100 Å². The minimum Gasteiger partial charge on any atom is -0.324 e. The Bertz CT molecular complexity index is 4100. The Morgan fingerprint density at radius 2 is 0.361 bits per heavy atom. The van der Waals surface area contributed by atoms with E-state index in [1.165, 1.54) is 0 Å². The van der Waals surface area contributed by atoms with Crippen LogP contribution in [-0.2, 0) is 0 Å². The lowest BCUT2D eigenvalue weighted by atomic mass is 10.00. The van der Waals surface area contributed by atoms with E-state index >= 15 is 35.1 Å². The van der Waals surface area contributed by atoms with Crippen LogP contribution in [0, 0.1) is 93.1 Å². The number of rotatable bonds is 0. The standard InChI is InChI=1S/C48H10F16N8/c49-25-9-1-17-18(2-10(9)26(50)34(58)33(25)57)42-65-41(17)69-43-19-3-11-12(28(52)36(60)35(59)27(11)51)4-20(19)45(66-43)71-47-23-7-15-16(32(56)40(64)39(63)31(15)55)8-24(23)48(68-47)72-46-22-6-14-13(5-21(22)44(67-46)70-42)29(53)37(61)38(62)30(14)54/h1-8H,(H2,65,66,67,68,69,70,71,72). The summed E-state index contributed by atoms with van der Waals surface area (Å²) in [5, 5.41) is -8.09. The molecule has 13 rings (SSSR count). The maximum Gasteiger partial charge on any atom is 0.198 e. The van der Waals surface area contributed by atoms with Crippen molar-refractivity contribution in [1.82, 2.24) is 39.9 Å². The third kappa shape index (κ3) is 5.55. The summed E-state index contributed by atoms with van der Waals surface area (Å²) in [6, 6.07) is 6.40. The van der Waals surface area contributed by atoms with E-state index in [1.807, 2.05) is 0 Å². The van der Waals surface area contributed by atoms with Crippen LogP contribution in [0.2, 0.25) is 0 Å². The molecule has 11 aromatic rings. The lowest BCUT2D eigenvalue weighted by molar-refractivity contribution is 0.418. The Balaban J connectivity index is 1.26. The Morgan fingerprint density at radius 1 is 0.194 bits per heavy atom. The summed E-state index contributed by atoms with van der Waals surface area (Å²) in [5.74, 6) is -34.9. The zero-order chi connectivity index (χ0) is 50.4. The minimum atomic E-state index is -2.21.